The van der Waals surface area contributed by atoms with Gasteiger partial charge in [0.05, 0.1) is 13.0 Å². The molecule has 7 heteroatoms. The van der Waals surface area contributed by atoms with Gasteiger partial charge >= 0.3 is 18.1 Å². The van der Waals surface area contributed by atoms with Crippen molar-refractivity contribution in [2.24, 2.45) is 5.92 Å². The molecule has 0 amide bonds. The molecule has 0 aromatic heterocycles. The van der Waals surface area contributed by atoms with Gasteiger partial charge in [0.1, 0.15) is 0 Å². The van der Waals surface area contributed by atoms with E-state index in [0.717, 1.165) is 7.11 Å². The molecular formula is C11H18O7. The van der Waals surface area contributed by atoms with Crippen molar-refractivity contribution >= 4 is 18.1 Å². The number of carboxylic acid groups (broad SMARTS) is 1. The van der Waals surface area contributed by atoms with Crippen molar-refractivity contribution < 1.29 is 33.7 Å². The van der Waals surface area contributed by atoms with Crippen molar-refractivity contribution in [3.05, 3.63) is 0 Å². The van der Waals surface area contributed by atoms with E-state index in [-0.39, 0.29) is 6.42 Å². The van der Waals surface area contributed by atoms with E-state index in [2.05, 4.69) is 14.2 Å². The molecule has 1 atom stereocenters. The van der Waals surface area contributed by atoms with E-state index in [9.17, 15) is 14.4 Å². The molecule has 0 aliphatic carbocycles. The van der Waals surface area contributed by atoms with Crippen molar-refractivity contribution in [2.45, 2.75) is 32.6 Å². The lowest BCUT2D eigenvalue weighted by Gasteiger charge is -2.06. The predicted molar refractivity (Wildman–Crippen MR) is 59.7 cm³/mol. The van der Waals surface area contributed by atoms with Gasteiger partial charge in [-0.05, 0) is 12.8 Å². The maximum Gasteiger partial charge on any atom is 0.510 e. The summed E-state index contributed by atoms with van der Waals surface area (Å²) >= 11 is 0. The average molecular weight is 262 g/mol. The van der Waals surface area contributed by atoms with Crippen LogP contribution in [0.25, 0.3) is 0 Å². The fourth-order valence-corrected chi connectivity index (χ4v) is 1.12. The zero-order chi connectivity index (χ0) is 14.0. The standard InChI is InChI=1S/C11H18O7/c1-8(10(13)14)5-3-4-6-9(12)17-7-18-11(15)16-2/h8H,3-7H2,1-2H3,(H,13,14). The van der Waals surface area contributed by atoms with Crippen molar-refractivity contribution in [3.63, 3.8) is 0 Å². The Morgan fingerprint density at radius 3 is 2.39 bits per heavy atom. The van der Waals surface area contributed by atoms with Gasteiger partial charge in [-0.2, -0.15) is 0 Å². The van der Waals surface area contributed by atoms with Gasteiger partial charge in [0.15, 0.2) is 0 Å². The molecule has 0 saturated carbocycles. The van der Waals surface area contributed by atoms with Crippen LogP contribution < -0.4 is 0 Å². The monoisotopic (exact) mass is 262 g/mol. The molecule has 0 bridgehead atoms. The number of methoxy groups -OCH3 is 1. The van der Waals surface area contributed by atoms with Gasteiger partial charge in [0.2, 0.25) is 6.79 Å². The van der Waals surface area contributed by atoms with Crippen LogP contribution in [0.1, 0.15) is 32.6 Å². The van der Waals surface area contributed by atoms with E-state index in [4.69, 9.17) is 5.11 Å². The maximum absolute atomic E-state index is 11.1. The molecule has 0 aromatic carbocycles. The molecule has 0 aliphatic rings. The fourth-order valence-electron chi connectivity index (χ4n) is 1.12. The SMILES string of the molecule is COC(=O)OCOC(=O)CCCCC(C)C(=O)O. The van der Waals surface area contributed by atoms with Gasteiger partial charge in [0.25, 0.3) is 0 Å². The van der Waals surface area contributed by atoms with Crippen LogP contribution in [0.5, 0.6) is 0 Å². The number of carbonyl (C=O) groups is 3. The number of unbranched alkanes of at least 4 members (excludes halogenated alkanes) is 1. The Balaban J connectivity index is 3.48. The summed E-state index contributed by atoms with van der Waals surface area (Å²) in [6, 6.07) is 0. The minimum absolute atomic E-state index is 0.164. The Bertz CT molecular complexity index is 287. The first-order valence-corrected chi connectivity index (χ1v) is 5.56. The zero-order valence-corrected chi connectivity index (χ0v) is 10.5. The highest BCUT2D eigenvalue weighted by Gasteiger charge is 2.11. The third-order valence-electron chi connectivity index (χ3n) is 2.25. The first-order chi connectivity index (χ1) is 8.47. The first kappa shape index (κ1) is 16.2. The van der Waals surface area contributed by atoms with E-state index in [1.165, 1.54) is 0 Å². The number of ether oxygens (including phenoxy) is 3. The molecule has 104 valence electrons. The Kier molecular flexibility index (Phi) is 8.34. The highest BCUT2D eigenvalue weighted by Crippen LogP contribution is 2.09. The topological polar surface area (TPSA) is 99.1 Å². The summed E-state index contributed by atoms with van der Waals surface area (Å²) in [4.78, 5) is 32.1. The number of carbonyl (C=O) groups excluding carboxylic acids is 2. The lowest BCUT2D eigenvalue weighted by atomic mass is 10.0. The number of rotatable bonds is 8. The number of esters is 1. The van der Waals surface area contributed by atoms with Crippen LogP contribution >= 0.6 is 0 Å². The Morgan fingerprint density at radius 2 is 1.83 bits per heavy atom. The third kappa shape index (κ3) is 8.37. The molecule has 0 rings (SSSR count). The largest absolute Gasteiger partial charge is 0.510 e. The number of hydrogen-bond donors (Lipinski definition) is 1. The minimum Gasteiger partial charge on any atom is -0.481 e. The zero-order valence-electron chi connectivity index (χ0n) is 10.5. The number of hydrogen-bond acceptors (Lipinski definition) is 6. The van der Waals surface area contributed by atoms with Crippen LogP contribution in [0.2, 0.25) is 0 Å². The van der Waals surface area contributed by atoms with Crippen molar-refractivity contribution in [3.8, 4) is 0 Å². The van der Waals surface area contributed by atoms with Crippen molar-refractivity contribution in [2.75, 3.05) is 13.9 Å². The third-order valence-corrected chi connectivity index (χ3v) is 2.25. The molecule has 1 unspecified atom stereocenters. The normalized spacial score (nSPS) is 11.4. The summed E-state index contributed by atoms with van der Waals surface area (Å²) < 4.78 is 13.1. The van der Waals surface area contributed by atoms with Gasteiger partial charge in [-0.15, -0.1) is 0 Å². The molecule has 0 aromatic rings. The molecule has 0 spiro atoms. The minimum atomic E-state index is -0.918. The van der Waals surface area contributed by atoms with Gasteiger partial charge in [-0.25, -0.2) is 4.79 Å². The molecule has 1 N–H and O–H groups in total. The van der Waals surface area contributed by atoms with Crippen LogP contribution in [-0.2, 0) is 23.8 Å². The summed E-state index contributed by atoms with van der Waals surface area (Å²) in [5.41, 5.74) is 0. The predicted octanol–water partition coefficient (Wildman–Crippen LogP) is 1.55. The van der Waals surface area contributed by atoms with Gasteiger partial charge < -0.3 is 19.3 Å². The summed E-state index contributed by atoms with van der Waals surface area (Å²) in [6.45, 7) is 1.14. The summed E-state index contributed by atoms with van der Waals surface area (Å²) in [7, 11) is 1.15. The van der Waals surface area contributed by atoms with Gasteiger partial charge in [-0.1, -0.05) is 13.3 Å². The van der Waals surface area contributed by atoms with Crippen LogP contribution in [0, 0.1) is 5.92 Å². The fraction of sp³-hybridized carbons (Fsp3) is 0.727. The summed E-state index contributed by atoms with van der Waals surface area (Å²) in [5, 5.41) is 8.63. The second kappa shape index (κ2) is 9.26. The molecule has 0 fully saturated rings. The van der Waals surface area contributed by atoms with Crippen LogP contribution in [0.15, 0.2) is 0 Å². The van der Waals surface area contributed by atoms with E-state index in [0.29, 0.717) is 19.3 Å². The molecule has 18 heavy (non-hydrogen) atoms. The highest BCUT2D eigenvalue weighted by atomic mass is 16.8. The molecule has 0 aliphatic heterocycles. The first-order valence-electron chi connectivity index (χ1n) is 5.56. The van der Waals surface area contributed by atoms with Gasteiger partial charge in [0, 0.05) is 6.42 Å². The lowest BCUT2D eigenvalue weighted by molar-refractivity contribution is -0.153. The van der Waals surface area contributed by atoms with Crippen LogP contribution in [0.4, 0.5) is 4.79 Å². The summed E-state index contributed by atoms with van der Waals surface area (Å²) in [5.74, 6) is -1.75. The molecule has 7 nitrogen and oxygen atoms in total. The average Bonchev–Trinajstić information content (AvgIpc) is 2.33. The van der Waals surface area contributed by atoms with Crippen LogP contribution in [0.3, 0.4) is 0 Å². The Morgan fingerprint density at radius 1 is 1.17 bits per heavy atom. The smallest absolute Gasteiger partial charge is 0.481 e. The number of carboxylic acids is 1. The van der Waals surface area contributed by atoms with E-state index >= 15 is 0 Å². The second-order valence-corrected chi connectivity index (χ2v) is 3.72. The Hall–Kier alpha value is -1.79. The molecule has 0 saturated heterocycles. The summed E-state index contributed by atoms with van der Waals surface area (Å²) in [6.07, 6.45) is 0.922. The van der Waals surface area contributed by atoms with Crippen molar-refractivity contribution in [1.82, 2.24) is 0 Å². The van der Waals surface area contributed by atoms with Crippen LogP contribution in [-0.4, -0.2) is 37.1 Å². The second-order valence-electron chi connectivity index (χ2n) is 3.72. The van der Waals surface area contributed by atoms with E-state index < -0.39 is 30.8 Å². The highest BCUT2D eigenvalue weighted by molar-refractivity contribution is 5.70. The van der Waals surface area contributed by atoms with E-state index in [1.807, 2.05) is 0 Å². The quantitative estimate of drug-likeness (QED) is 0.402. The van der Waals surface area contributed by atoms with E-state index in [1.54, 1.807) is 6.92 Å². The van der Waals surface area contributed by atoms with Crippen molar-refractivity contribution in [1.29, 1.82) is 0 Å². The number of aliphatic carboxylic acids is 1. The Labute approximate surface area is 105 Å². The maximum atomic E-state index is 11.1. The molecule has 0 radical (unpaired) electrons. The van der Waals surface area contributed by atoms with Gasteiger partial charge in [-0.3, -0.25) is 9.59 Å². The molecule has 0 heterocycles. The molecular weight excluding hydrogens is 244 g/mol. The lowest BCUT2D eigenvalue weighted by Crippen LogP contribution is -2.13.